The van der Waals surface area contributed by atoms with Gasteiger partial charge in [-0.3, -0.25) is 9.69 Å². The first-order valence-electron chi connectivity index (χ1n) is 10.9. The van der Waals surface area contributed by atoms with E-state index in [0.29, 0.717) is 25.8 Å². The van der Waals surface area contributed by atoms with Crippen molar-refractivity contribution in [2.45, 2.75) is 77.5 Å². The van der Waals surface area contributed by atoms with Crippen molar-refractivity contribution in [2.24, 2.45) is 5.92 Å². The second-order valence-electron chi connectivity index (χ2n) is 9.75. The lowest BCUT2D eigenvalue weighted by Gasteiger charge is -2.41. The fraction of sp³-hybridized carbons (Fsp3) is 0.625. The van der Waals surface area contributed by atoms with Crippen molar-refractivity contribution in [3.63, 3.8) is 0 Å². The zero-order valence-corrected chi connectivity index (χ0v) is 19.5. The number of hydrogen-bond donors (Lipinski definition) is 1. The normalized spacial score (nSPS) is 20.3. The van der Waals surface area contributed by atoms with E-state index in [9.17, 15) is 19.5 Å². The first-order valence-corrected chi connectivity index (χ1v) is 10.9. The highest BCUT2D eigenvalue weighted by Crippen LogP contribution is 2.33. The zero-order chi connectivity index (χ0) is 23.3. The summed E-state index contributed by atoms with van der Waals surface area (Å²) in [6.45, 7) is 9.59. The minimum atomic E-state index is -1.02. The minimum Gasteiger partial charge on any atom is -0.480 e. The van der Waals surface area contributed by atoms with Gasteiger partial charge in [-0.05, 0) is 57.4 Å². The summed E-state index contributed by atoms with van der Waals surface area (Å²) in [5, 5.41) is 9.89. The molecule has 1 heterocycles. The van der Waals surface area contributed by atoms with E-state index in [-0.39, 0.29) is 17.7 Å². The van der Waals surface area contributed by atoms with E-state index in [4.69, 9.17) is 4.74 Å². The maximum Gasteiger partial charge on any atom is 0.410 e. The van der Waals surface area contributed by atoms with E-state index < -0.39 is 29.7 Å². The van der Waals surface area contributed by atoms with Gasteiger partial charge in [0.05, 0.1) is 0 Å². The summed E-state index contributed by atoms with van der Waals surface area (Å²) in [7, 11) is 1.55. The summed E-state index contributed by atoms with van der Waals surface area (Å²) in [4.78, 5) is 41.0. The van der Waals surface area contributed by atoms with Crippen LogP contribution < -0.4 is 0 Å². The predicted molar refractivity (Wildman–Crippen MR) is 119 cm³/mol. The van der Waals surface area contributed by atoms with Crippen LogP contribution in [0.1, 0.15) is 65.4 Å². The monoisotopic (exact) mass is 432 g/mol. The van der Waals surface area contributed by atoms with Gasteiger partial charge in [-0.15, -0.1) is 0 Å². The number of aliphatic carboxylic acids is 1. The number of likely N-dealkylation sites (tertiary alicyclic amines) is 1. The van der Waals surface area contributed by atoms with Crippen molar-refractivity contribution in [1.82, 2.24) is 9.80 Å². The van der Waals surface area contributed by atoms with E-state index >= 15 is 0 Å². The van der Waals surface area contributed by atoms with Gasteiger partial charge in [0.1, 0.15) is 17.7 Å². The molecule has 1 aromatic carbocycles. The minimum absolute atomic E-state index is 0.0819. The van der Waals surface area contributed by atoms with Crippen LogP contribution in [-0.2, 0) is 14.3 Å². The second-order valence-corrected chi connectivity index (χ2v) is 9.75. The fourth-order valence-electron chi connectivity index (χ4n) is 4.01. The lowest BCUT2D eigenvalue weighted by atomic mass is 9.84. The molecular weight excluding hydrogens is 396 g/mol. The number of benzene rings is 1. The number of carbonyl (C=O) groups is 3. The van der Waals surface area contributed by atoms with Gasteiger partial charge in [0, 0.05) is 13.6 Å². The summed E-state index contributed by atoms with van der Waals surface area (Å²) in [5.74, 6) is -1.12. The van der Waals surface area contributed by atoms with Gasteiger partial charge in [-0.2, -0.15) is 0 Å². The van der Waals surface area contributed by atoms with Gasteiger partial charge in [0.15, 0.2) is 0 Å². The van der Waals surface area contributed by atoms with Crippen LogP contribution in [0, 0.1) is 5.92 Å². The predicted octanol–water partition coefficient (Wildman–Crippen LogP) is 4.13. The number of carboxylic acids is 1. The third kappa shape index (κ3) is 6.71. The number of amides is 2. The molecule has 172 valence electrons. The average molecular weight is 433 g/mol. The molecule has 1 aliphatic heterocycles. The Hall–Kier alpha value is -2.57. The third-order valence-corrected chi connectivity index (χ3v) is 5.57. The van der Waals surface area contributed by atoms with E-state index in [1.54, 1.807) is 27.8 Å². The Bertz CT molecular complexity index is 772. The maximum atomic E-state index is 13.5. The van der Waals surface area contributed by atoms with Crippen LogP contribution in [0.25, 0.3) is 0 Å². The van der Waals surface area contributed by atoms with Gasteiger partial charge < -0.3 is 14.7 Å². The molecule has 2 unspecified atom stereocenters. The van der Waals surface area contributed by atoms with Gasteiger partial charge in [-0.1, -0.05) is 44.2 Å². The molecule has 2 amide bonds. The van der Waals surface area contributed by atoms with Crippen molar-refractivity contribution >= 4 is 18.0 Å². The van der Waals surface area contributed by atoms with Crippen LogP contribution in [0.2, 0.25) is 0 Å². The highest BCUT2D eigenvalue weighted by atomic mass is 16.6. The van der Waals surface area contributed by atoms with E-state index in [2.05, 4.69) is 0 Å². The SMILES string of the molecule is CC(C)C[C@@H](C(=O)N1CCC(c2ccccc2)CC1C(=O)O)N(C)C(=O)OC(C)(C)C. The van der Waals surface area contributed by atoms with Crippen molar-refractivity contribution in [2.75, 3.05) is 13.6 Å². The molecule has 1 fully saturated rings. The highest BCUT2D eigenvalue weighted by molar-refractivity contribution is 5.89. The first-order chi connectivity index (χ1) is 14.4. The largest absolute Gasteiger partial charge is 0.480 e. The molecule has 0 bridgehead atoms. The lowest BCUT2D eigenvalue weighted by Crippen LogP contribution is -2.57. The summed E-state index contributed by atoms with van der Waals surface area (Å²) in [6.07, 6.45) is 0.886. The van der Waals surface area contributed by atoms with Crippen LogP contribution in [-0.4, -0.2) is 64.2 Å². The first kappa shape index (κ1) is 24.7. The molecular formula is C24H36N2O5. The molecule has 7 heteroatoms. The van der Waals surface area contributed by atoms with Crippen LogP contribution in [0.15, 0.2) is 30.3 Å². The molecule has 1 aromatic rings. The van der Waals surface area contributed by atoms with Crippen LogP contribution >= 0.6 is 0 Å². The molecule has 31 heavy (non-hydrogen) atoms. The number of likely N-dealkylation sites (N-methyl/N-ethyl adjacent to an activating group) is 1. The summed E-state index contributed by atoms with van der Waals surface area (Å²) < 4.78 is 5.45. The molecule has 0 aliphatic carbocycles. The Morgan fingerprint density at radius 2 is 1.81 bits per heavy atom. The Balaban J connectivity index is 2.24. The second kappa shape index (κ2) is 10.2. The number of carbonyl (C=O) groups excluding carboxylic acids is 2. The highest BCUT2D eigenvalue weighted by Gasteiger charge is 2.41. The number of ether oxygens (including phenoxy) is 1. The van der Waals surface area contributed by atoms with Crippen molar-refractivity contribution in [1.29, 1.82) is 0 Å². The number of carboxylic acid groups (broad SMARTS) is 1. The van der Waals surface area contributed by atoms with Gasteiger partial charge in [0.25, 0.3) is 0 Å². The van der Waals surface area contributed by atoms with Gasteiger partial charge in [-0.25, -0.2) is 9.59 Å². The topological polar surface area (TPSA) is 87.2 Å². The molecule has 2 rings (SSSR count). The number of nitrogens with zero attached hydrogens (tertiary/aromatic N) is 2. The van der Waals surface area contributed by atoms with Crippen LogP contribution in [0.4, 0.5) is 4.79 Å². The maximum absolute atomic E-state index is 13.5. The number of hydrogen-bond acceptors (Lipinski definition) is 4. The molecule has 0 spiro atoms. The Labute approximate surface area is 185 Å². The van der Waals surface area contributed by atoms with E-state index in [1.165, 1.54) is 9.80 Å². The molecule has 0 radical (unpaired) electrons. The fourth-order valence-corrected chi connectivity index (χ4v) is 4.01. The third-order valence-electron chi connectivity index (χ3n) is 5.57. The van der Waals surface area contributed by atoms with Crippen molar-refractivity contribution < 1.29 is 24.2 Å². The molecule has 1 saturated heterocycles. The lowest BCUT2D eigenvalue weighted by molar-refractivity contribution is -0.155. The molecule has 0 saturated carbocycles. The van der Waals surface area contributed by atoms with E-state index in [0.717, 1.165) is 5.56 Å². The zero-order valence-electron chi connectivity index (χ0n) is 19.5. The summed E-state index contributed by atoms with van der Waals surface area (Å²) >= 11 is 0. The number of piperidine rings is 1. The number of rotatable bonds is 6. The van der Waals surface area contributed by atoms with E-state index in [1.807, 2.05) is 44.2 Å². The summed E-state index contributed by atoms with van der Waals surface area (Å²) in [6, 6.07) is 8.12. The van der Waals surface area contributed by atoms with Crippen molar-refractivity contribution in [3.05, 3.63) is 35.9 Å². The Morgan fingerprint density at radius 1 is 1.19 bits per heavy atom. The quantitative estimate of drug-likeness (QED) is 0.730. The Kier molecular flexibility index (Phi) is 8.09. The summed E-state index contributed by atoms with van der Waals surface area (Å²) in [5.41, 5.74) is 0.402. The van der Waals surface area contributed by atoms with Gasteiger partial charge >= 0.3 is 12.1 Å². The van der Waals surface area contributed by atoms with Crippen LogP contribution in [0.5, 0.6) is 0 Å². The molecule has 0 aromatic heterocycles. The molecule has 1 aliphatic rings. The average Bonchev–Trinajstić information content (AvgIpc) is 2.69. The molecule has 7 nitrogen and oxygen atoms in total. The molecule has 1 N–H and O–H groups in total. The smallest absolute Gasteiger partial charge is 0.410 e. The Morgan fingerprint density at radius 3 is 2.32 bits per heavy atom. The van der Waals surface area contributed by atoms with Gasteiger partial charge in [0.2, 0.25) is 5.91 Å². The van der Waals surface area contributed by atoms with Crippen LogP contribution in [0.3, 0.4) is 0 Å². The molecule has 3 atom stereocenters. The van der Waals surface area contributed by atoms with Crippen molar-refractivity contribution in [3.8, 4) is 0 Å². The standard InChI is InChI=1S/C24H36N2O5/c1-16(2)14-19(25(6)23(30)31-24(3,4)5)21(27)26-13-12-18(15-20(26)22(28)29)17-10-8-7-9-11-17/h7-11,16,18-20H,12-15H2,1-6H3,(H,28,29)/t18?,19-,20?/m0/s1.